The Hall–Kier alpha value is -0.770. The number of rotatable bonds is 1. The van der Waals surface area contributed by atoms with E-state index in [1.54, 1.807) is 0 Å². The number of piperidine rings is 1. The fourth-order valence-corrected chi connectivity index (χ4v) is 2.80. The Morgan fingerprint density at radius 3 is 2.33 bits per heavy atom. The smallest absolute Gasteiger partial charge is 0.318 e. The largest absolute Gasteiger partial charge is 0.393 e. The molecule has 15 heavy (non-hydrogen) atoms. The summed E-state index contributed by atoms with van der Waals surface area (Å²) in [6.45, 7) is 3.94. The van der Waals surface area contributed by atoms with Crippen molar-refractivity contribution in [1.82, 2.24) is 10.2 Å². The van der Waals surface area contributed by atoms with Crippen LogP contribution in [0.4, 0.5) is 4.79 Å². The van der Waals surface area contributed by atoms with Crippen LogP contribution in [0.3, 0.4) is 0 Å². The third kappa shape index (κ3) is 2.09. The molecule has 2 amide bonds. The summed E-state index contributed by atoms with van der Waals surface area (Å²) in [4.78, 5) is 13.9. The van der Waals surface area contributed by atoms with E-state index in [-0.39, 0.29) is 30.3 Å². The maximum Gasteiger partial charge on any atom is 0.318 e. The van der Waals surface area contributed by atoms with E-state index in [9.17, 15) is 9.90 Å². The fourth-order valence-electron chi connectivity index (χ4n) is 2.80. The van der Waals surface area contributed by atoms with Gasteiger partial charge in [-0.1, -0.05) is 0 Å². The molecule has 2 bridgehead atoms. The van der Waals surface area contributed by atoms with Crippen molar-refractivity contribution in [2.24, 2.45) is 0 Å². The Balaban J connectivity index is 2.01. The molecule has 0 radical (unpaired) electrons. The highest BCUT2D eigenvalue weighted by Crippen LogP contribution is 2.35. The second-order valence-electron chi connectivity index (χ2n) is 5.02. The van der Waals surface area contributed by atoms with Crippen LogP contribution in [-0.4, -0.2) is 40.3 Å². The van der Waals surface area contributed by atoms with Gasteiger partial charge in [-0.25, -0.2) is 4.79 Å². The molecule has 0 aromatic rings. The Labute approximate surface area is 90.6 Å². The Bertz CT molecular complexity index is 241. The van der Waals surface area contributed by atoms with Gasteiger partial charge in [0.25, 0.3) is 0 Å². The third-order valence-electron chi connectivity index (χ3n) is 3.35. The van der Waals surface area contributed by atoms with Crippen LogP contribution in [0.25, 0.3) is 0 Å². The van der Waals surface area contributed by atoms with E-state index in [2.05, 4.69) is 5.32 Å². The quantitative estimate of drug-likeness (QED) is 0.683. The number of nitrogens with zero attached hydrogens (tertiary/aromatic N) is 1. The molecule has 2 unspecified atom stereocenters. The Morgan fingerprint density at radius 2 is 1.87 bits per heavy atom. The van der Waals surface area contributed by atoms with E-state index in [0.717, 1.165) is 25.7 Å². The van der Waals surface area contributed by atoms with E-state index in [1.807, 2.05) is 18.7 Å². The number of amides is 2. The molecule has 2 aliphatic heterocycles. The monoisotopic (exact) mass is 212 g/mol. The molecule has 0 saturated carbocycles. The van der Waals surface area contributed by atoms with E-state index in [0.29, 0.717) is 0 Å². The summed E-state index contributed by atoms with van der Waals surface area (Å²) in [6, 6.07) is 0.753. The lowest BCUT2D eigenvalue weighted by molar-refractivity contribution is 0.0537. The maximum absolute atomic E-state index is 11.9. The highest BCUT2D eigenvalue weighted by Gasteiger charge is 2.42. The average Bonchev–Trinajstić information content (AvgIpc) is 2.38. The van der Waals surface area contributed by atoms with Gasteiger partial charge in [-0.15, -0.1) is 0 Å². The van der Waals surface area contributed by atoms with Crippen molar-refractivity contribution in [2.45, 2.75) is 63.8 Å². The molecule has 2 N–H and O–H groups in total. The lowest BCUT2D eigenvalue weighted by Gasteiger charge is -2.37. The van der Waals surface area contributed by atoms with E-state index in [1.165, 1.54) is 0 Å². The highest BCUT2D eigenvalue weighted by atomic mass is 16.3. The first-order valence-corrected chi connectivity index (χ1v) is 5.85. The summed E-state index contributed by atoms with van der Waals surface area (Å²) >= 11 is 0. The van der Waals surface area contributed by atoms with Crippen LogP contribution in [0, 0.1) is 0 Å². The number of carbonyl (C=O) groups excluding carboxylic acids is 1. The van der Waals surface area contributed by atoms with Crippen LogP contribution >= 0.6 is 0 Å². The molecule has 2 aliphatic rings. The zero-order valence-electron chi connectivity index (χ0n) is 9.44. The van der Waals surface area contributed by atoms with Crippen LogP contribution in [0.15, 0.2) is 0 Å². The Kier molecular flexibility index (Phi) is 2.87. The molecule has 0 aromatic heterocycles. The van der Waals surface area contributed by atoms with Gasteiger partial charge in [-0.05, 0) is 39.5 Å². The topological polar surface area (TPSA) is 52.6 Å². The van der Waals surface area contributed by atoms with Crippen molar-refractivity contribution >= 4 is 6.03 Å². The molecule has 2 rings (SSSR count). The molecule has 0 aliphatic carbocycles. The highest BCUT2D eigenvalue weighted by molar-refractivity contribution is 5.75. The molecule has 2 heterocycles. The molecule has 2 atom stereocenters. The van der Waals surface area contributed by atoms with Gasteiger partial charge in [0.15, 0.2) is 0 Å². The predicted octanol–water partition coefficient (Wildman–Crippen LogP) is 1.09. The van der Waals surface area contributed by atoms with Crippen LogP contribution < -0.4 is 5.32 Å². The molecule has 0 aromatic carbocycles. The molecule has 2 fully saturated rings. The first-order valence-electron chi connectivity index (χ1n) is 5.85. The zero-order valence-corrected chi connectivity index (χ0v) is 9.44. The van der Waals surface area contributed by atoms with Crippen LogP contribution in [-0.2, 0) is 0 Å². The second-order valence-corrected chi connectivity index (χ2v) is 5.02. The lowest BCUT2D eigenvalue weighted by atomic mass is 10.0. The fraction of sp³-hybridized carbons (Fsp3) is 0.909. The molecular weight excluding hydrogens is 192 g/mol. The second kappa shape index (κ2) is 4.00. The Morgan fingerprint density at radius 1 is 1.33 bits per heavy atom. The molecule has 0 spiro atoms. The average molecular weight is 212 g/mol. The van der Waals surface area contributed by atoms with Crippen LogP contribution in [0.1, 0.15) is 39.5 Å². The van der Waals surface area contributed by atoms with Crippen LogP contribution in [0.5, 0.6) is 0 Å². The number of aliphatic hydroxyl groups excluding tert-OH is 1. The molecule has 86 valence electrons. The number of urea groups is 1. The van der Waals surface area contributed by atoms with Crippen molar-refractivity contribution in [3.05, 3.63) is 0 Å². The number of carbonyl (C=O) groups is 1. The van der Waals surface area contributed by atoms with Crippen molar-refractivity contribution in [1.29, 1.82) is 0 Å². The SMILES string of the molecule is CC(C)NC(=O)N1C2CCC1CC(O)C2. The number of nitrogens with one attached hydrogen (secondary N) is 1. The van der Waals surface area contributed by atoms with Crippen molar-refractivity contribution in [3.63, 3.8) is 0 Å². The van der Waals surface area contributed by atoms with Gasteiger partial charge in [-0.2, -0.15) is 0 Å². The van der Waals surface area contributed by atoms with Gasteiger partial charge in [0.1, 0.15) is 0 Å². The van der Waals surface area contributed by atoms with Crippen LogP contribution in [0.2, 0.25) is 0 Å². The molecule has 4 nitrogen and oxygen atoms in total. The first kappa shape index (κ1) is 10.7. The first-order chi connectivity index (χ1) is 7.08. The lowest BCUT2D eigenvalue weighted by Crippen LogP contribution is -2.53. The third-order valence-corrected chi connectivity index (χ3v) is 3.35. The summed E-state index contributed by atoms with van der Waals surface area (Å²) in [7, 11) is 0. The van der Waals surface area contributed by atoms with Crippen molar-refractivity contribution in [3.8, 4) is 0 Å². The summed E-state index contributed by atoms with van der Waals surface area (Å²) in [5.41, 5.74) is 0. The summed E-state index contributed by atoms with van der Waals surface area (Å²) in [6.07, 6.45) is 3.40. The van der Waals surface area contributed by atoms with Gasteiger partial charge in [0.2, 0.25) is 0 Å². The number of hydrogen-bond donors (Lipinski definition) is 2. The van der Waals surface area contributed by atoms with Gasteiger partial charge < -0.3 is 15.3 Å². The minimum atomic E-state index is -0.203. The van der Waals surface area contributed by atoms with Gasteiger partial charge in [0.05, 0.1) is 6.10 Å². The molecular formula is C11H20N2O2. The van der Waals surface area contributed by atoms with Gasteiger partial charge in [-0.3, -0.25) is 0 Å². The van der Waals surface area contributed by atoms with E-state index in [4.69, 9.17) is 0 Å². The number of aliphatic hydroxyl groups is 1. The summed E-state index contributed by atoms with van der Waals surface area (Å²) in [5, 5.41) is 12.5. The maximum atomic E-state index is 11.9. The van der Waals surface area contributed by atoms with Gasteiger partial charge in [0, 0.05) is 18.1 Å². The molecule has 4 heteroatoms. The van der Waals surface area contributed by atoms with E-state index >= 15 is 0 Å². The minimum absolute atomic E-state index is 0.0457. The van der Waals surface area contributed by atoms with E-state index < -0.39 is 0 Å². The summed E-state index contributed by atoms with van der Waals surface area (Å²) < 4.78 is 0. The van der Waals surface area contributed by atoms with Crippen molar-refractivity contribution < 1.29 is 9.90 Å². The normalized spacial score (nSPS) is 34.7. The number of hydrogen-bond acceptors (Lipinski definition) is 2. The molecule has 2 saturated heterocycles. The minimum Gasteiger partial charge on any atom is -0.393 e. The standard InChI is InChI=1S/C11H20N2O2/c1-7(2)12-11(15)13-8-3-4-9(13)6-10(14)5-8/h7-10,14H,3-6H2,1-2H3,(H,12,15). The zero-order chi connectivity index (χ0) is 11.0. The number of fused-ring (bicyclic) bond motifs is 2. The summed E-state index contributed by atoms with van der Waals surface area (Å²) in [5.74, 6) is 0. The van der Waals surface area contributed by atoms with Gasteiger partial charge >= 0.3 is 6.03 Å². The van der Waals surface area contributed by atoms with Crippen molar-refractivity contribution in [2.75, 3.05) is 0 Å². The predicted molar refractivity (Wildman–Crippen MR) is 57.6 cm³/mol.